The average molecular weight is 492 g/mol. The summed E-state index contributed by atoms with van der Waals surface area (Å²) in [5.41, 5.74) is 3.88. The number of thioether (sulfide) groups is 1. The first kappa shape index (κ1) is 25.8. The lowest BCUT2D eigenvalue weighted by molar-refractivity contribution is 0.176. The van der Waals surface area contributed by atoms with Gasteiger partial charge < -0.3 is 0 Å². The summed E-state index contributed by atoms with van der Waals surface area (Å²) >= 11 is 1.74. The van der Waals surface area contributed by atoms with Crippen LogP contribution in [0.1, 0.15) is 63.9 Å². The van der Waals surface area contributed by atoms with Crippen LogP contribution in [0.3, 0.4) is 0 Å². The van der Waals surface area contributed by atoms with Crippen molar-refractivity contribution in [3.8, 4) is 6.07 Å². The fourth-order valence-corrected chi connectivity index (χ4v) is 6.75. The average Bonchev–Trinajstić information content (AvgIpc) is 3.23. The molecule has 3 aliphatic rings. The molecule has 2 aliphatic carbocycles. The molecule has 186 valence electrons. The summed E-state index contributed by atoms with van der Waals surface area (Å²) in [6.45, 7) is 7.07. The molecule has 0 bridgehead atoms. The summed E-state index contributed by atoms with van der Waals surface area (Å²) in [5.74, 6) is 0.804. The number of hydrogen-bond acceptors (Lipinski definition) is 4. The van der Waals surface area contributed by atoms with Crippen LogP contribution in [0.25, 0.3) is 0 Å². The summed E-state index contributed by atoms with van der Waals surface area (Å²) in [6.07, 6.45) is 14.8. The Morgan fingerprint density at radius 2 is 1.91 bits per heavy atom. The van der Waals surface area contributed by atoms with E-state index in [1.165, 1.54) is 44.1 Å². The number of benzene rings is 1. The van der Waals surface area contributed by atoms with Crippen LogP contribution in [0.15, 0.2) is 71.1 Å². The van der Waals surface area contributed by atoms with Crippen molar-refractivity contribution in [3.05, 3.63) is 71.6 Å². The zero-order chi connectivity index (χ0) is 24.8. The van der Waals surface area contributed by atoms with Crippen LogP contribution in [0, 0.1) is 35.0 Å². The predicted octanol–water partition coefficient (Wildman–Crippen LogP) is 7.89. The van der Waals surface area contributed by atoms with E-state index in [9.17, 15) is 5.26 Å². The topological polar surface area (TPSA) is 39.4 Å². The lowest BCUT2D eigenvalue weighted by Crippen LogP contribution is -2.36. The van der Waals surface area contributed by atoms with Gasteiger partial charge in [-0.05, 0) is 74.3 Å². The fraction of sp³-hybridized carbons (Fsp3) is 0.533. The Morgan fingerprint density at radius 3 is 2.57 bits per heavy atom. The number of hydrazone groups is 1. The molecular formula is C30H38FN3S. The molecular weight excluding hydrogens is 453 g/mol. The molecule has 0 spiro atoms. The molecule has 0 aromatic heterocycles. The van der Waals surface area contributed by atoms with Gasteiger partial charge in [0.05, 0.1) is 23.6 Å². The lowest BCUT2D eigenvalue weighted by Gasteiger charge is -2.34. The third-order valence-electron chi connectivity index (χ3n) is 7.76. The van der Waals surface area contributed by atoms with Gasteiger partial charge in [-0.1, -0.05) is 61.2 Å². The van der Waals surface area contributed by atoms with Crippen LogP contribution in [0.4, 0.5) is 4.39 Å². The second-order valence-corrected chi connectivity index (χ2v) is 11.4. The highest BCUT2D eigenvalue weighted by Gasteiger charge is 2.42. The number of nitrogens with zero attached hydrogens (tertiary/aromatic N) is 3. The quantitative estimate of drug-likeness (QED) is 0.330. The van der Waals surface area contributed by atoms with E-state index in [1.807, 2.05) is 24.3 Å². The maximum absolute atomic E-state index is 15.2. The lowest BCUT2D eigenvalue weighted by atomic mass is 9.79. The van der Waals surface area contributed by atoms with Crippen LogP contribution in [0.5, 0.6) is 0 Å². The molecule has 1 fully saturated rings. The van der Waals surface area contributed by atoms with Crippen molar-refractivity contribution in [1.29, 1.82) is 5.26 Å². The second-order valence-electron chi connectivity index (χ2n) is 10.5. The first-order valence-corrected chi connectivity index (χ1v) is 14.3. The highest BCUT2D eigenvalue weighted by Crippen LogP contribution is 2.43. The van der Waals surface area contributed by atoms with Crippen molar-refractivity contribution in [2.24, 2.45) is 28.8 Å². The summed E-state index contributed by atoms with van der Waals surface area (Å²) in [4.78, 5) is 0. The van der Waals surface area contributed by atoms with Crippen molar-refractivity contribution in [2.45, 2.75) is 63.7 Å². The molecule has 5 heteroatoms. The Bertz CT molecular complexity index is 1010. The summed E-state index contributed by atoms with van der Waals surface area (Å²) < 4.78 is 15.2. The fourth-order valence-electron chi connectivity index (χ4n) is 5.83. The monoisotopic (exact) mass is 491 g/mol. The molecule has 0 radical (unpaired) electrons. The molecule has 3 nitrogen and oxygen atoms in total. The second kappa shape index (κ2) is 12.1. The first-order chi connectivity index (χ1) is 17.0. The zero-order valence-electron chi connectivity index (χ0n) is 21.1. The van der Waals surface area contributed by atoms with E-state index in [0.717, 1.165) is 30.2 Å². The number of halogens is 1. The van der Waals surface area contributed by atoms with Crippen molar-refractivity contribution < 1.29 is 4.39 Å². The molecule has 35 heavy (non-hydrogen) atoms. The molecule has 1 aliphatic heterocycles. The molecule has 1 aromatic carbocycles. The molecule has 3 atom stereocenters. The zero-order valence-corrected chi connectivity index (χ0v) is 21.9. The Labute approximate surface area is 214 Å². The van der Waals surface area contributed by atoms with Gasteiger partial charge in [0.2, 0.25) is 0 Å². The molecule has 1 aromatic rings. The van der Waals surface area contributed by atoms with Crippen LogP contribution < -0.4 is 0 Å². The van der Waals surface area contributed by atoms with E-state index in [1.54, 1.807) is 17.8 Å². The van der Waals surface area contributed by atoms with Crippen LogP contribution in [-0.4, -0.2) is 28.9 Å². The van der Waals surface area contributed by atoms with Gasteiger partial charge in [0.15, 0.2) is 0 Å². The highest BCUT2D eigenvalue weighted by atomic mass is 32.2. The van der Waals surface area contributed by atoms with Crippen molar-refractivity contribution in [2.75, 3.05) is 12.8 Å². The van der Waals surface area contributed by atoms with Gasteiger partial charge >= 0.3 is 0 Å². The van der Waals surface area contributed by atoms with Gasteiger partial charge in [-0.15, -0.1) is 18.3 Å². The SMILES string of the molecule is C=C(C)CCCC1CCC(CN2N=C(c3ccccc3)C(C3=CC(C#N)CC=C3F)C2SC)CC1. The molecule has 0 amide bonds. The van der Waals surface area contributed by atoms with Crippen LogP contribution in [-0.2, 0) is 0 Å². The van der Waals surface area contributed by atoms with E-state index >= 15 is 4.39 Å². The molecule has 3 unspecified atom stereocenters. The van der Waals surface area contributed by atoms with Gasteiger partial charge in [0.25, 0.3) is 0 Å². The van der Waals surface area contributed by atoms with E-state index < -0.39 is 0 Å². The molecule has 0 N–H and O–H groups in total. The first-order valence-electron chi connectivity index (χ1n) is 13.0. The van der Waals surface area contributed by atoms with Crippen molar-refractivity contribution in [1.82, 2.24) is 5.01 Å². The van der Waals surface area contributed by atoms with E-state index in [-0.39, 0.29) is 23.0 Å². The van der Waals surface area contributed by atoms with Gasteiger partial charge in [-0.3, -0.25) is 5.01 Å². The molecule has 4 rings (SSSR count). The van der Waals surface area contributed by atoms with E-state index in [2.05, 4.69) is 43.0 Å². The maximum Gasteiger partial charge on any atom is 0.123 e. The van der Waals surface area contributed by atoms with Crippen LogP contribution >= 0.6 is 11.8 Å². The number of nitriles is 1. The summed E-state index contributed by atoms with van der Waals surface area (Å²) in [5, 5.41) is 16.9. The summed E-state index contributed by atoms with van der Waals surface area (Å²) in [6, 6.07) is 12.5. The minimum absolute atomic E-state index is 0.0290. The van der Waals surface area contributed by atoms with Crippen molar-refractivity contribution in [3.63, 3.8) is 0 Å². The Kier molecular flexibility index (Phi) is 8.89. The van der Waals surface area contributed by atoms with E-state index in [0.29, 0.717) is 17.9 Å². The number of allylic oxidation sites excluding steroid dienone is 4. The Balaban J connectivity index is 1.51. The van der Waals surface area contributed by atoms with Gasteiger partial charge in [-0.25, -0.2) is 4.39 Å². The minimum Gasteiger partial charge on any atom is -0.282 e. The number of rotatable bonds is 9. The van der Waals surface area contributed by atoms with Gasteiger partial charge in [-0.2, -0.15) is 10.4 Å². The van der Waals surface area contributed by atoms with Crippen LogP contribution in [0.2, 0.25) is 0 Å². The third kappa shape index (κ3) is 6.28. The third-order valence-corrected chi connectivity index (χ3v) is 8.76. The normalized spacial score (nSPS) is 28.7. The van der Waals surface area contributed by atoms with Crippen molar-refractivity contribution >= 4 is 17.5 Å². The molecule has 1 heterocycles. The van der Waals surface area contributed by atoms with Gasteiger partial charge in [0.1, 0.15) is 11.2 Å². The standard InChI is InChI=1S/C30H38FN3S/c1-21(2)8-7-9-22-12-14-23(15-13-22)20-34-30(35-3)28(26-18-24(19-32)16-17-27(26)31)29(33-34)25-10-5-4-6-11-25/h4-6,10-11,17-18,22-24,28,30H,1,7-9,12-16,20H2,2-3H3. The summed E-state index contributed by atoms with van der Waals surface area (Å²) in [7, 11) is 0. The number of hydrogen-bond donors (Lipinski definition) is 0. The largest absolute Gasteiger partial charge is 0.282 e. The Hall–Kier alpha value is -2.32. The minimum atomic E-state index is -0.279. The van der Waals surface area contributed by atoms with Gasteiger partial charge in [0, 0.05) is 6.54 Å². The molecule has 1 saturated carbocycles. The predicted molar refractivity (Wildman–Crippen MR) is 146 cm³/mol. The highest BCUT2D eigenvalue weighted by molar-refractivity contribution is 7.99. The maximum atomic E-state index is 15.2. The van der Waals surface area contributed by atoms with E-state index in [4.69, 9.17) is 5.10 Å². The Morgan fingerprint density at radius 1 is 1.20 bits per heavy atom. The smallest absolute Gasteiger partial charge is 0.123 e. The molecule has 0 saturated heterocycles.